The van der Waals surface area contributed by atoms with Gasteiger partial charge in [0, 0.05) is 5.69 Å². The van der Waals surface area contributed by atoms with E-state index in [1.54, 1.807) is 30.3 Å². The summed E-state index contributed by atoms with van der Waals surface area (Å²) in [5.74, 6) is 0.105. The Bertz CT molecular complexity index is 843. The summed E-state index contributed by atoms with van der Waals surface area (Å²) in [6.07, 6.45) is 1.40. The predicted molar refractivity (Wildman–Crippen MR) is 96.9 cm³/mol. The van der Waals surface area contributed by atoms with Gasteiger partial charge in [0.25, 0.3) is 5.91 Å². The maximum atomic E-state index is 11.9. The molecule has 0 bridgehead atoms. The molecule has 3 aromatic rings. The highest BCUT2D eigenvalue weighted by Gasteiger charge is 2.10. The van der Waals surface area contributed by atoms with Crippen molar-refractivity contribution >= 4 is 17.5 Å². The summed E-state index contributed by atoms with van der Waals surface area (Å²) in [6.45, 7) is 0.331. The van der Waals surface area contributed by atoms with Crippen molar-refractivity contribution in [1.29, 1.82) is 0 Å². The molecule has 26 heavy (non-hydrogen) atoms. The van der Waals surface area contributed by atoms with Crippen molar-refractivity contribution in [2.75, 3.05) is 11.9 Å². The Morgan fingerprint density at radius 1 is 0.923 bits per heavy atom. The van der Waals surface area contributed by atoms with Crippen molar-refractivity contribution in [2.24, 2.45) is 0 Å². The lowest BCUT2D eigenvalue weighted by atomic mass is 10.2. The fourth-order valence-electron chi connectivity index (χ4n) is 2.24. The van der Waals surface area contributed by atoms with Gasteiger partial charge in [-0.25, -0.2) is 0 Å². The van der Waals surface area contributed by atoms with E-state index in [-0.39, 0.29) is 18.2 Å². The van der Waals surface area contributed by atoms with E-state index in [0.717, 1.165) is 5.56 Å². The van der Waals surface area contributed by atoms with Crippen LogP contribution < -0.4 is 15.4 Å². The molecule has 0 aliphatic rings. The smallest absolute Gasteiger partial charge is 0.287 e. The van der Waals surface area contributed by atoms with E-state index in [0.29, 0.717) is 18.0 Å². The van der Waals surface area contributed by atoms with Gasteiger partial charge in [-0.2, -0.15) is 0 Å². The molecule has 132 valence electrons. The molecule has 3 rings (SSSR count). The van der Waals surface area contributed by atoms with Crippen LogP contribution >= 0.6 is 0 Å². The Morgan fingerprint density at radius 2 is 1.69 bits per heavy atom. The van der Waals surface area contributed by atoms with Crippen molar-refractivity contribution in [1.82, 2.24) is 5.32 Å². The van der Waals surface area contributed by atoms with Gasteiger partial charge in [0.1, 0.15) is 12.4 Å². The van der Waals surface area contributed by atoms with Gasteiger partial charge in [-0.1, -0.05) is 30.3 Å². The zero-order valence-corrected chi connectivity index (χ0v) is 14.0. The number of carbonyl (C=O) groups excluding carboxylic acids is 2. The first-order valence-electron chi connectivity index (χ1n) is 8.09. The number of hydrogen-bond acceptors (Lipinski definition) is 4. The predicted octanol–water partition coefficient (Wildman–Crippen LogP) is 3.23. The van der Waals surface area contributed by atoms with Gasteiger partial charge in [-0.05, 0) is 42.0 Å². The maximum absolute atomic E-state index is 11.9. The van der Waals surface area contributed by atoms with Crippen LogP contribution in [-0.2, 0) is 11.4 Å². The van der Waals surface area contributed by atoms with Gasteiger partial charge in [0.2, 0.25) is 5.91 Å². The third-order valence-electron chi connectivity index (χ3n) is 3.54. The highest BCUT2D eigenvalue weighted by Crippen LogP contribution is 2.17. The van der Waals surface area contributed by atoms with Gasteiger partial charge in [-0.15, -0.1) is 0 Å². The molecule has 1 aromatic heterocycles. The van der Waals surface area contributed by atoms with E-state index in [9.17, 15) is 9.59 Å². The Kier molecular flexibility index (Phi) is 5.67. The van der Waals surface area contributed by atoms with Crippen LogP contribution in [0, 0.1) is 0 Å². The molecular weight excluding hydrogens is 332 g/mol. The summed E-state index contributed by atoms with van der Waals surface area (Å²) in [6, 6.07) is 20.0. The number of hydrogen-bond donors (Lipinski definition) is 2. The average molecular weight is 350 g/mol. The minimum Gasteiger partial charge on any atom is -0.489 e. The lowest BCUT2D eigenvalue weighted by molar-refractivity contribution is -0.115. The monoisotopic (exact) mass is 350 g/mol. The molecule has 0 fully saturated rings. The van der Waals surface area contributed by atoms with Gasteiger partial charge in [0.15, 0.2) is 5.76 Å². The van der Waals surface area contributed by atoms with Crippen molar-refractivity contribution in [3.8, 4) is 5.75 Å². The quantitative estimate of drug-likeness (QED) is 0.685. The van der Waals surface area contributed by atoms with Crippen molar-refractivity contribution in [3.63, 3.8) is 0 Å². The van der Waals surface area contributed by atoms with Crippen LogP contribution in [-0.4, -0.2) is 18.4 Å². The second-order valence-electron chi connectivity index (χ2n) is 5.51. The third-order valence-corrected chi connectivity index (χ3v) is 3.54. The maximum Gasteiger partial charge on any atom is 0.287 e. The Morgan fingerprint density at radius 3 is 2.38 bits per heavy atom. The molecule has 0 aliphatic heterocycles. The first kappa shape index (κ1) is 17.3. The lowest BCUT2D eigenvalue weighted by Gasteiger charge is -2.09. The standard InChI is InChI=1S/C20H18N2O4/c23-19(13-21-20(24)18-7-4-12-25-18)22-16-8-10-17(11-9-16)26-14-15-5-2-1-3-6-15/h1-12H,13-14H2,(H,21,24)(H,22,23). The minimum absolute atomic E-state index is 0.147. The number of ether oxygens (including phenoxy) is 1. The number of carbonyl (C=O) groups is 2. The lowest BCUT2D eigenvalue weighted by Crippen LogP contribution is -2.32. The SMILES string of the molecule is O=C(CNC(=O)c1ccco1)Nc1ccc(OCc2ccccc2)cc1. The van der Waals surface area contributed by atoms with Crippen molar-refractivity contribution < 1.29 is 18.7 Å². The molecule has 2 aromatic carbocycles. The number of nitrogens with one attached hydrogen (secondary N) is 2. The number of benzene rings is 2. The molecule has 6 heteroatoms. The fourth-order valence-corrected chi connectivity index (χ4v) is 2.24. The summed E-state index contributed by atoms with van der Waals surface area (Å²) in [5, 5.41) is 5.19. The molecule has 0 saturated heterocycles. The summed E-state index contributed by atoms with van der Waals surface area (Å²) < 4.78 is 10.6. The third kappa shape index (κ3) is 4.98. The molecule has 0 aliphatic carbocycles. The van der Waals surface area contributed by atoms with Crippen molar-refractivity contribution in [3.05, 3.63) is 84.3 Å². The molecule has 0 spiro atoms. The van der Waals surface area contributed by atoms with Gasteiger partial charge in [0.05, 0.1) is 12.8 Å². The van der Waals surface area contributed by atoms with E-state index in [1.807, 2.05) is 30.3 Å². The van der Waals surface area contributed by atoms with E-state index < -0.39 is 5.91 Å². The van der Waals surface area contributed by atoms with E-state index >= 15 is 0 Å². The highest BCUT2D eigenvalue weighted by atomic mass is 16.5. The second kappa shape index (κ2) is 8.53. The molecule has 1 heterocycles. The molecule has 2 N–H and O–H groups in total. The Labute approximate surface area is 150 Å². The molecular formula is C20H18N2O4. The molecule has 0 radical (unpaired) electrons. The highest BCUT2D eigenvalue weighted by molar-refractivity contribution is 5.97. The number of rotatable bonds is 7. The van der Waals surface area contributed by atoms with E-state index in [1.165, 1.54) is 12.3 Å². The summed E-state index contributed by atoms with van der Waals surface area (Å²) in [4.78, 5) is 23.6. The molecule has 0 atom stereocenters. The molecule has 2 amide bonds. The number of anilines is 1. The minimum atomic E-state index is -0.435. The van der Waals surface area contributed by atoms with Crippen LogP contribution in [0.15, 0.2) is 77.4 Å². The molecule has 0 unspecified atom stereocenters. The van der Waals surface area contributed by atoms with Crippen molar-refractivity contribution in [2.45, 2.75) is 6.61 Å². The van der Waals surface area contributed by atoms with E-state index in [2.05, 4.69) is 10.6 Å². The average Bonchev–Trinajstić information content (AvgIpc) is 3.21. The topological polar surface area (TPSA) is 80.6 Å². The van der Waals surface area contributed by atoms with Crippen LogP contribution in [0.4, 0.5) is 5.69 Å². The van der Waals surface area contributed by atoms with Gasteiger partial charge >= 0.3 is 0 Å². The first-order valence-corrected chi connectivity index (χ1v) is 8.09. The molecule has 6 nitrogen and oxygen atoms in total. The Hall–Kier alpha value is -3.54. The summed E-state index contributed by atoms with van der Waals surface area (Å²) in [5.41, 5.74) is 1.70. The zero-order valence-electron chi connectivity index (χ0n) is 14.0. The van der Waals surface area contributed by atoms with Crippen LogP contribution in [0.2, 0.25) is 0 Å². The van der Waals surface area contributed by atoms with Crippen LogP contribution in [0.1, 0.15) is 16.1 Å². The Balaban J connectivity index is 1.44. The largest absolute Gasteiger partial charge is 0.489 e. The fraction of sp³-hybridized carbons (Fsp3) is 0.100. The first-order chi connectivity index (χ1) is 12.7. The van der Waals surface area contributed by atoms with Gasteiger partial charge in [-0.3, -0.25) is 9.59 Å². The van der Waals surface area contributed by atoms with E-state index in [4.69, 9.17) is 9.15 Å². The second-order valence-corrected chi connectivity index (χ2v) is 5.51. The molecule has 0 saturated carbocycles. The number of furan rings is 1. The summed E-state index contributed by atoms with van der Waals surface area (Å²) in [7, 11) is 0. The van der Waals surface area contributed by atoms with Crippen LogP contribution in [0.3, 0.4) is 0 Å². The number of amides is 2. The summed E-state index contributed by atoms with van der Waals surface area (Å²) >= 11 is 0. The van der Waals surface area contributed by atoms with Crippen LogP contribution in [0.25, 0.3) is 0 Å². The van der Waals surface area contributed by atoms with Crippen LogP contribution in [0.5, 0.6) is 5.75 Å². The zero-order chi connectivity index (χ0) is 18.2. The van der Waals surface area contributed by atoms with Gasteiger partial charge < -0.3 is 19.8 Å². The normalized spacial score (nSPS) is 10.2.